The predicted octanol–water partition coefficient (Wildman–Crippen LogP) is 4.00. The number of hydrogen-bond acceptors (Lipinski definition) is 2. The molecular formula is C17H12ClF5N2O. The number of anilines is 1. The average Bonchev–Trinajstić information content (AvgIpc) is 2.65. The van der Waals surface area contributed by atoms with Gasteiger partial charge in [-0.1, -0.05) is 23.7 Å². The Balaban J connectivity index is 1.80. The summed E-state index contributed by atoms with van der Waals surface area (Å²) in [5.74, 6) is -10.3. The fraction of sp³-hybridized carbons (Fsp3) is 0.235. The molecule has 1 aliphatic rings. The van der Waals surface area contributed by atoms with E-state index in [4.69, 9.17) is 11.6 Å². The first-order chi connectivity index (χ1) is 12.3. The summed E-state index contributed by atoms with van der Waals surface area (Å²) in [5, 5.41) is 0.264. The minimum atomic E-state index is -2.20. The summed E-state index contributed by atoms with van der Waals surface area (Å²) in [6.45, 7) is -0.0871. The fourth-order valence-electron chi connectivity index (χ4n) is 2.81. The maximum absolute atomic E-state index is 13.9. The molecule has 0 radical (unpaired) electrons. The van der Waals surface area contributed by atoms with Gasteiger partial charge in [-0.3, -0.25) is 4.79 Å². The third-order valence-electron chi connectivity index (χ3n) is 4.17. The summed E-state index contributed by atoms with van der Waals surface area (Å²) < 4.78 is 67.7. The largest absolute Gasteiger partial charge is 0.363 e. The van der Waals surface area contributed by atoms with Crippen molar-refractivity contribution in [2.75, 3.05) is 31.1 Å². The van der Waals surface area contributed by atoms with E-state index in [2.05, 4.69) is 0 Å². The number of rotatable bonds is 2. The standard InChI is InChI=1S/C17H12ClF5N2O/c18-10-4-2-1-3-9(10)17(26)25-7-5-24(6-8-25)16-14(22)12(20)11(19)13(21)15(16)23/h1-4H,5-8H2. The van der Waals surface area contributed by atoms with Gasteiger partial charge in [0.2, 0.25) is 5.82 Å². The van der Waals surface area contributed by atoms with Gasteiger partial charge >= 0.3 is 0 Å². The second kappa shape index (κ2) is 7.11. The normalized spacial score (nSPS) is 14.7. The van der Waals surface area contributed by atoms with E-state index < -0.39 is 34.8 Å². The summed E-state index contributed by atoms with van der Waals surface area (Å²) >= 11 is 5.98. The molecule has 0 bridgehead atoms. The molecule has 0 spiro atoms. The molecule has 138 valence electrons. The Hall–Kier alpha value is -2.35. The molecule has 1 amide bonds. The van der Waals surface area contributed by atoms with Crippen LogP contribution in [0.4, 0.5) is 27.6 Å². The van der Waals surface area contributed by atoms with E-state index in [-0.39, 0.29) is 42.7 Å². The number of benzene rings is 2. The number of amides is 1. The van der Waals surface area contributed by atoms with E-state index >= 15 is 0 Å². The molecule has 1 heterocycles. The Morgan fingerprint density at radius 3 is 1.85 bits per heavy atom. The predicted molar refractivity (Wildman–Crippen MR) is 85.8 cm³/mol. The van der Waals surface area contributed by atoms with Crippen molar-refractivity contribution < 1.29 is 26.7 Å². The molecule has 0 aliphatic carbocycles. The minimum Gasteiger partial charge on any atom is -0.363 e. The van der Waals surface area contributed by atoms with Crippen molar-refractivity contribution in [1.82, 2.24) is 4.90 Å². The quantitative estimate of drug-likeness (QED) is 0.439. The zero-order valence-corrected chi connectivity index (χ0v) is 14.0. The van der Waals surface area contributed by atoms with Gasteiger partial charge in [0.05, 0.1) is 10.6 Å². The van der Waals surface area contributed by atoms with Crippen LogP contribution in [-0.4, -0.2) is 37.0 Å². The van der Waals surface area contributed by atoms with E-state index in [1.807, 2.05) is 0 Å². The lowest BCUT2D eigenvalue weighted by Crippen LogP contribution is -2.49. The molecule has 0 aromatic heterocycles. The Bertz CT molecular complexity index is 839. The highest BCUT2D eigenvalue weighted by atomic mass is 35.5. The molecule has 26 heavy (non-hydrogen) atoms. The van der Waals surface area contributed by atoms with Gasteiger partial charge in [0.1, 0.15) is 5.69 Å². The van der Waals surface area contributed by atoms with Crippen molar-refractivity contribution in [1.29, 1.82) is 0 Å². The number of halogens is 6. The minimum absolute atomic E-state index is 0.0452. The van der Waals surface area contributed by atoms with Crippen LogP contribution in [0.3, 0.4) is 0 Å². The molecule has 1 aliphatic heterocycles. The molecule has 2 aromatic rings. The molecule has 0 unspecified atom stereocenters. The van der Waals surface area contributed by atoms with Crippen LogP contribution >= 0.6 is 11.6 Å². The molecule has 3 nitrogen and oxygen atoms in total. The Morgan fingerprint density at radius 2 is 1.31 bits per heavy atom. The smallest absolute Gasteiger partial charge is 0.255 e. The third kappa shape index (κ3) is 3.09. The average molecular weight is 391 g/mol. The van der Waals surface area contributed by atoms with Crippen LogP contribution in [0, 0.1) is 29.1 Å². The van der Waals surface area contributed by atoms with Gasteiger partial charge in [0, 0.05) is 26.2 Å². The van der Waals surface area contributed by atoms with Crippen LogP contribution in [0.15, 0.2) is 24.3 Å². The van der Waals surface area contributed by atoms with Crippen molar-refractivity contribution in [2.24, 2.45) is 0 Å². The molecular weight excluding hydrogens is 379 g/mol. The van der Waals surface area contributed by atoms with Gasteiger partial charge in [0.25, 0.3) is 5.91 Å². The molecule has 3 rings (SSSR count). The highest BCUT2D eigenvalue weighted by Gasteiger charge is 2.31. The number of hydrogen-bond donors (Lipinski definition) is 0. The van der Waals surface area contributed by atoms with Crippen LogP contribution in [0.25, 0.3) is 0 Å². The van der Waals surface area contributed by atoms with Crippen molar-refractivity contribution in [3.8, 4) is 0 Å². The van der Waals surface area contributed by atoms with E-state index in [0.717, 1.165) is 4.90 Å². The Morgan fingerprint density at radius 1 is 0.808 bits per heavy atom. The molecule has 9 heteroatoms. The second-order valence-corrected chi connectivity index (χ2v) is 6.08. The van der Waals surface area contributed by atoms with Crippen LogP contribution in [0.2, 0.25) is 5.02 Å². The van der Waals surface area contributed by atoms with Crippen LogP contribution in [0.5, 0.6) is 0 Å². The summed E-state index contributed by atoms with van der Waals surface area (Å²) in [5.41, 5.74) is -0.704. The molecule has 2 aromatic carbocycles. The zero-order valence-electron chi connectivity index (χ0n) is 13.2. The van der Waals surface area contributed by atoms with Crippen molar-refractivity contribution in [3.63, 3.8) is 0 Å². The van der Waals surface area contributed by atoms with Crippen LogP contribution in [0.1, 0.15) is 10.4 Å². The van der Waals surface area contributed by atoms with Crippen molar-refractivity contribution >= 4 is 23.2 Å². The Kier molecular flexibility index (Phi) is 5.04. The lowest BCUT2D eigenvalue weighted by molar-refractivity contribution is 0.0746. The van der Waals surface area contributed by atoms with Crippen molar-refractivity contribution in [3.05, 3.63) is 63.9 Å². The van der Waals surface area contributed by atoms with Gasteiger partial charge in [0.15, 0.2) is 23.3 Å². The topological polar surface area (TPSA) is 23.6 Å². The van der Waals surface area contributed by atoms with Gasteiger partial charge in [-0.25, -0.2) is 22.0 Å². The number of carbonyl (C=O) groups is 1. The molecule has 0 saturated carbocycles. The maximum atomic E-state index is 13.9. The van der Waals surface area contributed by atoms with E-state index in [0.29, 0.717) is 0 Å². The molecule has 0 atom stereocenters. The number of carbonyl (C=O) groups excluding carboxylic acids is 1. The fourth-order valence-corrected chi connectivity index (χ4v) is 3.03. The summed E-state index contributed by atoms with van der Waals surface area (Å²) in [4.78, 5) is 14.9. The van der Waals surface area contributed by atoms with Crippen LogP contribution in [-0.2, 0) is 0 Å². The van der Waals surface area contributed by atoms with E-state index in [1.54, 1.807) is 24.3 Å². The number of nitrogens with zero attached hydrogens (tertiary/aromatic N) is 2. The third-order valence-corrected chi connectivity index (χ3v) is 4.50. The van der Waals surface area contributed by atoms with Gasteiger partial charge in [-0.05, 0) is 12.1 Å². The molecule has 0 N–H and O–H groups in total. The van der Waals surface area contributed by atoms with E-state index in [9.17, 15) is 26.7 Å². The van der Waals surface area contributed by atoms with Crippen LogP contribution < -0.4 is 4.90 Å². The molecule has 1 fully saturated rings. The molecule has 1 saturated heterocycles. The SMILES string of the molecule is O=C(c1ccccc1Cl)N1CCN(c2c(F)c(F)c(F)c(F)c2F)CC1. The highest BCUT2D eigenvalue weighted by molar-refractivity contribution is 6.33. The van der Waals surface area contributed by atoms with Gasteiger partial charge in [-0.2, -0.15) is 0 Å². The first kappa shape index (κ1) is 18.4. The van der Waals surface area contributed by atoms with Gasteiger partial charge < -0.3 is 9.80 Å². The highest BCUT2D eigenvalue weighted by Crippen LogP contribution is 2.31. The second-order valence-electron chi connectivity index (χ2n) is 5.68. The monoisotopic (exact) mass is 390 g/mol. The van der Waals surface area contributed by atoms with Crippen molar-refractivity contribution in [2.45, 2.75) is 0 Å². The number of piperazine rings is 1. The maximum Gasteiger partial charge on any atom is 0.255 e. The van der Waals surface area contributed by atoms with Gasteiger partial charge in [-0.15, -0.1) is 0 Å². The first-order valence-corrected chi connectivity index (χ1v) is 8.01. The lowest BCUT2D eigenvalue weighted by Gasteiger charge is -2.36. The summed E-state index contributed by atoms with van der Waals surface area (Å²) in [7, 11) is 0. The lowest BCUT2D eigenvalue weighted by atomic mass is 10.1. The summed E-state index contributed by atoms with van der Waals surface area (Å²) in [6, 6.07) is 6.41. The van der Waals surface area contributed by atoms with E-state index in [1.165, 1.54) is 4.90 Å². The summed E-state index contributed by atoms with van der Waals surface area (Å²) in [6.07, 6.45) is 0. The zero-order chi connectivity index (χ0) is 19.0. The Labute approximate surface area is 150 Å². The first-order valence-electron chi connectivity index (χ1n) is 7.63.